The highest BCUT2D eigenvalue weighted by Gasteiger charge is 2.33. The fourth-order valence-electron chi connectivity index (χ4n) is 3.22. The Morgan fingerprint density at radius 1 is 1.42 bits per heavy atom. The zero-order valence-electron chi connectivity index (χ0n) is 13.1. The molecule has 0 aliphatic heterocycles. The van der Waals surface area contributed by atoms with E-state index in [1.165, 1.54) is 6.07 Å². The molecule has 2 aromatic heterocycles. The molecule has 1 aliphatic rings. The Labute approximate surface area is 141 Å². The largest absolute Gasteiger partial charge is 0.433 e. The van der Waals surface area contributed by atoms with E-state index in [2.05, 4.69) is 10.3 Å². The summed E-state index contributed by atoms with van der Waals surface area (Å²) in [6, 6.07) is 2.36. The maximum atomic E-state index is 12.8. The number of carbonyl (C=O) groups is 1. The minimum Gasteiger partial charge on any atom is -0.348 e. The number of pyridine rings is 1. The van der Waals surface area contributed by atoms with Crippen molar-refractivity contribution in [1.29, 1.82) is 0 Å². The molecule has 2 aromatic rings. The number of aromatic nitrogens is 1. The summed E-state index contributed by atoms with van der Waals surface area (Å²) in [7, 11) is 0. The van der Waals surface area contributed by atoms with Crippen LogP contribution in [-0.2, 0) is 6.18 Å². The van der Waals surface area contributed by atoms with Crippen molar-refractivity contribution in [2.45, 2.75) is 38.4 Å². The van der Waals surface area contributed by atoms with Gasteiger partial charge in [0.1, 0.15) is 10.5 Å². The lowest BCUT2D eigenvalue weighted by Crippen LogP contribution is -2.39. The van der Waals surface area contributed by atoms with E-state index in [4.69, 9.17) is 5.73 Å². The molecule has 0 radical (unpaired) electrons. The summed E-state index contributed by atoms with van der Waals surface area (Å²) in [5, 5.41) is 3.57. The van der Waals surface area contributed by atoms with Crippen LogP contribution in [0.25, 0.3) is 10.2 Å². The Morgan fingerprint density at radius 2 is 2.17 bits per heavy atom. The van der Waals surface area contributed by atoms with Crippen molar-refractivity contribution in [2.24, 2.45) is 11.7 Å². The highest BCUT2D eigenvalue weighted by molar-refractivity contribution is 7.20. The lowest BCUT2D eigenvalue weighted by atomic mass is 10.0. The number of hydrogen-bond donors (Lipinski definition) is 2. The normalized spacial score (nSPS) is 21.4. The maximum absolute atomic E-state index is 12.8. The SMILES string of the molecule is Cc1c(C(=O)NC2CCCC2CN)sc2nc(C(F)(F)F)ccc12. The summed E-state index contributed by atoms with van der Waals surface area (Å²) in [4.78, 5) is 16.9. The molecule has 24 heavy (non-hydrogen) atoms. The standard InChI is InChI=1S/C16H18F3N3OS/c1-8-10-5-6-12(16(17,18)19)22-15(10)24-13(8)14(23)21-11-4-2-3-9(11)7-20/h5-6,9,11H,2-4,7,20H2,1H3,(H,21,23). The van der Waals surface area contributed by atoms with Crippen LogP contribution < -0.4 is 11.1 Å². The van der Waals surface area contributed by atoms with Gasteiger partial charge in [-0.25, -0.2) is 4.98 Å². The van der Waals surface area contributed by atoms with Crippen molar-refractivity contribution in [1.82, 2.24) is 10.3 Å². The van der Waals surface area contributed by atoms with Gasteiger partial charge in [-0.2, -0.15) is 13.2 Å². The van der Waals surface area contributed by atoms with E-state index in [1.807, 2.05) is 0 Å². The van der Waals surface area contributed by atoms with Gasteiger partial charge in [-0.05, 0) is 49.9 Å². The minimum atomic E-state index is -4.49. The van der Waals surface area contributed by atoms with Crippen LogP contribution in [0.4, 0.5) is 13.2 Å². The number of alkyl halides is 3. The van der Waals surface area contributed by atoms with Crippen LogP contribution in [0.2, 0.25) is 0 Å². The molecular weight excluding hydrogens is 339 g/mol. The number of nitrogens with two attached hydrogens (primary N) is 1. The van der Waals surface area contributed by atoms with Crippen molar-refractivity contribution in [3.05, 3.63) is 28.3 Å². The molecule has 3 N–H and O–H groups in total. The number of halogens is 3. The van der Waals surface area contributed by atoms with Crippen LogP contribution in [0.15, 0.2) is 12.1 Å². The molecule has 2 atom stereocenters. The second kappa shape index (κ2) is 6.33. The average molecular weight is 357 g/mol. The van der Waals surface area contributed by atoms with E-state index in [0.29, 0.717) is 22.4 Å². The van der Waals surface area contributed by atoms with E-state index < -0.39 is 11.9 Å². The zero-order valence-corrected chi connectivity index (χ0v) is 13.9. The number of hydrogen-bond acceptors (Lipinski definition) is 4. The molecule has 1 fully saturated rings. The Hall–Kier alpha value is -1.67. The number of thiophene rings is 1. The minimum absolute atomic E-state index is 0.0332. The van der Waals surface area contributed by atoms with Gasteiger partial charge in [-0.3, -0.25) is 4.79 Å². The summed E-state index contributed by atoms with van der Waals surface area (Å²) in [5.74, 6) is 0.00741. The quantitative estimate of drug-likeness (QED) is 0.884. The number of aryl methyl sites for hydroxylation is 1. The lowest BCUT2D eigenvalue weighted by Gasteiger charge is -2.19. The van der Waals surface area contributed by atoms with Crippen LogP contribution in [0.5, 0.6) is 0 Å². The van der Waals surface area contributed by atoms with Gasteiger partial charge in [-0.1, -0.05) is 6.42 Å². The van der Waals surface area contributed by atoms with E-state index in [0.717, 1.165) is 36.7 Å². The highest BCUT2D eigenvalue weighted by atomic mass is 32.1. The molecule has 130 valence electrons. The average Bonchev–Trinajstić information content (AvgIpc) is 3.10. The molecule has 0 bridgehead atoms. The number of fused-ring (bicyclic) bond motifs is 1. The van der Waals surface area contributed by atoms with E-state index in [9.17, 15) is 18.0 Å². The van der Waals surface area contributed by atoms with Gasteiger partial charge in [0.25, 0.3) is 5.91 Å². The number of nitrogens with one attached hydrogen (secondary N) is 1. The summed E-state index contributed by atoms with van der Waals surface area (Å²) in [5.41, 5.74) is 5.44. The molecule has 1 aliphatic carbocycles. The van der Waals surface area contributed by atoms with Crippen molar-refractivity contribution >= 4 is 27.5 Å². The topological polar surface area (TPSA) is 68.0 Å². The van der Waals surface area contributed by atoms with Gasteiger partial charge >= 0.3 is 6.18 Å². The molecule has 4 nitrogen and oxygen atoms in total. The first-order chi connectivity index (χ1) is 11.3. The van der Waals surface area contributed by atoms with Gasteiger partial charge in [-0.15, -0.1) is 11.3 Å². The fraction of sp³-hybridized carbons (Fsp3) is 0.500. The third-order valence-electron chi connectivity index (χ3n) is 4.58. The van der Waals surface area contributed by atoms with Gasteiger partial charge in [0.05, 0.1) is 4.88 Å². The molecule has 1 saturated carbocycles. The summed E-state index contributed by atoms with van der Waals surface area (Å²) in [6.45, 7) is 2.25. The van der Waals surface area contributed by atoms with Crippen molar-refractivity contribution in [3.8, 4) is 0 Å². The first-order valence-corrected chi connectivity index (χ1v) is 8.61. The van der Waals surface area contributed by atoms with E-state index in [1.54, 1.807) is 6.92 Å². The first kappa shape index (κ1) is 17.2. The van der Waals surface area contributed by atoms with Crippen LogP contribution in [0.1, 0.15) is 40.2 Å². The number of rotatable bonds is 3. The molecule has 2 unspecified atom stereocenters. The molecule has 0 spiro atoms. The predicted octanol–water partition coefficient (Wildman–Crippen LogP) is 3.48. The van der Waals surface area contributed by atoms with Crippen LogP contribution >= 0.6 is 11.3 Å². The lowest BCUT2D eigenvalue weighted by molar-refractivity contribution is -0.140. The number of nitrogens with zero attached hydrogens (tertiary/aromatic N) is 1. The van der Waals surface area contributed by atoms with Gasteiger partial charge in [0.15, 0.2) is 0 Å². The molecule has 3 rings (SSSR count). The number of carbonyl (C=O) groups excluding carboxylic acids is 1. The Bertz CT molecular complexity index is 772. The first-order valence-electron chi connectivity index (χ1n) is 7.79. The maximum Gasteiger partial charge on any atom is 0.433 e. The molecule has 8 heteroatoms. The third-order valence-corrected chi connectivity index (χ3v) is 5.78. The second-order valence-corrected chi connectivity index (χ2v) is 7.11. The second-order valence-electron chi connectivity index (χ2n) is 6.11. The fourth-order valence-corrected chi connectivity index (χ4v) is 4.30. The van der Waals surface area contributed by atoms with Gasteiger partial charge in [0, 0.05) is 11.4 Å². The van der Waals surface area contributed by atoms with Crippen molar-refractivity contribution in [3.63, 3.8) is 0 Å². The summed E-state index contributed by atoms with van der Waals surface area (Å²) >= 11 is 1.00. The van der Waals surface area contributed by atoms with Crippen LogP contribution in [-0.4, -0.2) is 23.5 Å². The Morgan fingerprint density at radius 3 is 2.83 bits per heavy atom. The van der Waals surface area contributed by atoms with E-state index in [-0.39, 0.29) is 22.7 Å². The molecule has 0 saturated heterocycles. The van der Waals surface area contributed by atoms with Crippen molar-refractivity contribution < 1.29 is 18.0 Å². The van der Waals surface area contributed by atoms with Crippen molar-refractivity contribution in [2.75, 3.05) is 6.54 Å². The molecule has 1 amide bonds. The Kier molecular flexibility index (Phi) is 4.52. The van der Waals surface area contributed by atoms with E-state index >= 15 is 0 Å². The molecule has 2 heterocycles. The summed E-state index contributed by atoms with van der Waals surface area (Å²) in [6.07, 6.45) is -1.60. The summed E-state index contributed by atoms with van der Waals surface area (Å²) < 4.78 is 38.4. The third kappa shape index (κ3) is 3.12. The predicted molar refractivity (Wildman–Crippen MR) is 87.0 cm³/mol. The van der Waals surface area contributed by atoms with Crippen LogP contribution in [0.3, 0.4) is 0 Å². The number of amides is 1. The molecular formula is C16H18F3N3OS. The monoisotopic (exact) mass is 357 g/mol. The Balaban J connectivity index is 1.89. The van der Waals surface area contributed by atoms with Crippen LogP contribution in [0, 0.1) is 12.8 Å². The smallest absolute Gasteiger partial charge is 0.348 e. The highest BCUT2D eigenvalue weighted by Crippen LogP contribution is 2.34. The van der Waals surface area contributed by atoms with Gasteiger partial charge < -0.3 is 11.1 Å². The zero-order chi connectivity index (χ0) is 17.5. The molecule has 0 aromatic carbocycles. The van der Waals surface area contributed by atoms with Gasteiger partial charge in [0.2, 0.25) is 0 Å².